The van der Waals surface area contributed by atoms with Crippen LogP contribution in [0.4, 0.5) is 0 Å². The third-order valence-corrected chi connectivity index (χ3v) is 4.54. The molecule has 0 fully saturated rings. The second-order valence-electron chi connectivity index (χ2n) is 6.51. The van der Waals surface area contributed by atoms with Gasteiger partial charge in [0.25, 0.3) is 0 Å². The molecule has 3 rings (SSSR count). The molecule has 0 saturated heterocycles. The fraction of sp³-hybridized carbons (Fsp3) is 0.300. The molecule has 0 bridgehead atoms. The quantitative estimate of drug-likeness (QED) is 0.650. The van der Waals surface area contributed by atoms with Crippen LogP contribution in [-0.2, 0) is 27.3 Å². The van der Waals surface area contributed by atoms with Crippen LogP contribution in [0, 0.1) is 0 Å². The average Bonchev–Trinajstić information content (AvgIpc) is 2.76. The van der Waals surface area contributed by atoms with Crippen LogP contribution in [-0.4, -0.2) is 5.11 Å². The summed E-state index contributed by atoms with van der Waals surface area (Å²) in [5.41, 5.74) is 4.10. The normalized spacial score (nSPS) is 16.5. The molecule has 126 valence electrons. The molecule has 0 saturated carbocycles. The van der Waals surface area contributed by atoms with Crippen molar-refractivity contribution in [1.29, 1.82) is 0 Å². The number of allylic oxidation sites excluding steroid dienone is 4. The van der Waals surface area contributed by atoms with Gasteiger partial charge >= 0.3 is 21.7 Å². The Labute approximate surface area is 171 Å². The molecular weight excluding hydrogens is 375 g/mol. The fourth-order valence-electron chi connectivity index (χ4n) is 3.33. The van der Waals surface area contributed by atoms with Crippen molar-refractivity contribution in [3.63, 3.8) is 0 Å². The van der Waals surface area contributed by atoms with Crippen LogP contribution >= 0.6 is 0 Å². The smallest absolute Gasteiger partial charge is 1.00 e. The summed E-state index contributed by atoms with van der Waals surface area (Å²) in [5.74, 6) is 0.274. The summed E-state index contributed by atoms with van der Waals surface area (Å²) in [6.07, 6.45) is 4.42. The van der Waals surface area contributed by atoms with Gasteiger partial charge in [-0.05, 0) is 49.6 Å². The summed E-state index contributed by atoms with van der Waals surface area (Å²) in [6, 6.07) is 12.6. The summed E-state index contributed by atoms with van der Waals surface area (Å²) in [5, 5.41) is 13.1. The van der Waals surface area contributed by atoms with E-state index in [4.69, 9.17) is 0 Å². The van der Waals surface area contributed by atoms with Crippen molar-refractivity contribution in [2.24, 2.45) is 0 Å². The maximum atomic E-state index is 10.7. The molecule has 0 radical (unpaired) electrons. The van der Waals surface area contributed by atoms with E-state index in [1.165, 1.54) is 22.1 Å². The standard InChI is InChI=1S/C20H22O.2ClH.Ti/c1-13-9-11-16(14(13)2)18-12-10-15-7-5-6-8-17(15)19(18)20(3,4)21;;;/h5-12,16,21H,1-4H3;2*1H;/q;;;+2/p-2. The van der Waals surface area contributed by atoms with Crippen molar-refractivity contribution in [3.8, 4) is 0 Å². The van der Waals surface area contributed by atoms with Gasteiger partial charge in [0, 0.05) is 5.92 Å². The zero-order valence-electron chi connectivity index (χ0n) is 14.4. The van der Waals surface area contributed by atoms with Crippen LogP contribution in [0.15, 0.2) is 59.7 Å². The average molecular weight is 397 g/mol. The second-order valence-corrected chi connectivity index (χ2v) is 6.51. The number of fused-ring (bicyclic) bond motifs is 1. The fourth-order valence-corrected chi connectivity index (χ4v) is 3.33. The van der Waals surface area contributed by atoms with E-state index in [2.05, 4.69) is 50.3 Å². The molecule has 1 aliphatic rings. The van der Waals surface area contributed by atoms with Crippen LogP contribution in [0.25, 0.3) is 10.8 Å². The largest absolute Gasteiger partial charge is 2.00 e. The van der Waals surface area contributed by atoms with Gasteiger partial charge in [0.05, 0.1) is 5.60 Å². The first kappa shape index (κ1) is 23.4. The summed E-state index contributed by atoms with van der Waals surface area (Å²) >= 11 is 0. The number of halogens is 2. The predicted molar refractivity (Wildman–Crippen MR) is 89.4 cm³/mol. The van der Waals surface area contributed by atoms with E-state index in [1.54, 1.807) is 0 Å². The molecule has 24 heavy (non-hydrogen) atoms. The number of benzene rings is 2. The monoisotopic (exact) mass is 396 g/mol. The Bertz CT molecular complexity index is 773. The first-order valence-corrected chi connectivity index (χ1v) is 7.49. The molecule has 2 aromatic rings. The molecule has 4 heteroatoms. The van der Waals surface area contributed by atoms with Crippen LogP contribution in [0.5, 0.6) is 0 Å². The Morgan fingerprint density at radius 3 is 2.12 bits per heavy atom. The van der Waals surface area contributed by atoms with E-state index in [0.717, 1.165) is 10.9 Å². The predicted octanol–water partition coefficient (Wildman–Crippen LogP) is -0.937. The third-order valence-electron chi connectivity index (χ3n) is 4.54. The molecule has 0 heterocycles. The number of rotatable bonds is 2. The minimum Gasteiger partial charge on any atom is -1.00 e. The molecule has 1 N–H and O–H groups in total. The molecule has 0 aliphatic heterocycles. The Hall–Kier alpha value is -0.566. The Morgan fingerprint density at radius 2 is 1.58 bits per heavy atom. The molecular formula is C20H22Cl2OTi. The number of hydrogen-bond acceptors (Lipinski definition) is 1. The summed E-state index contributed by atoms with van der Waals surface area (Å²) in [6.45, 7) is 8.09. The maximum Gasteiger partial charge on any atom is 2.00 e. The van der Waals surface area contributed by atoms with Crippen molar-refractivity contribution in [2.45, 2.75) is 39.2 Å². The van der Waals surface area contributed by atoms with Crippen LogP contribution < -0.4 is 24.8 Å². The minimum atomic E-state index is -0.860. The Kier molecular flexibility index (Phi) is 8.49. The Morgan fingerprint density at radius 1 is 0.958 bits per heavy atom. The van der Waals surface area contributed by atoms with E-state index in [-0.39, 0.29) is 52.4 Å². The molecule has 0 aromatic heterocycles. The van der Waals surface area contributed by atoms with E-state index in [0.29, 0.717) is 0 Å². The second kappa shape index (κ2) is 8.69. The van der Waals surface area contributed by atoms with Crippen LogP contribution in [0.3, 0.4) is 0 Å². The van der Waals surface area contributed by atoms with E-state index in [9.17, 15) is 5.11 Å². The van der Waals surface area contributed by atoms with Gasteiger partial charge < -0.3 is 29.9 Å². The zero-order valence-corrected chi connectivity index (χ0v) is 17.5. The number of hydrogen-bond donors (Lipinski definition) is 1. The van der Waals surface area contributed by atoms with Gasteiger partial charge in [0.1, 0.15) is 0 Å². The SMILES string of the molecule is CC1=C(C)C(c2ccc3ccccc3c2C(C)(C)O)C=C1.[Cl-].[Cl-].[Ti+2]. The van der Waals surface area contributed by atoms with E-state index < -0.39 is 5.60 Å². The zero-order chi connectivity index (χ0) is 15.2. The topological polar surface area (TPSA) is 20.2 Å². The third kappa shape index (κ3) is 4.15. The number of aliphatic hydroxyl groups is 1. The van der Waals surface area contributed by atoms with Gasteiger partial charge in [-0.15, -0.1) is 0 Å². The first-order valence-electron chi connectivity index (χ1n) is 7.49. The van der Waals surface area contributed by atoms with Gasteiger partial charge in [-0.3, -0.25) is 0 Å². The molecule has 0 spiro atoms. The van der Waals surface area contributed by atoms with Crippen molar-refractivity contribution in [3.05, 3.63) is 70.8 Å². The van der Waals surface area contributed by atoms with Crippen LogP contribution in [0.1, 0.15) is 44.7 Å². The summed E-state index contributed by atoms with van der Waals surface area (Å²) < 4.78 is 0. The molecule has 1 nitrogen and oxygen atoms in total. The maximum absolute atomic E-state index is 10.7. The molecule has 1 atom stereocenters. The molecule has 1 aliphatic carbocycles. The molecule has 0 amide bonds. The van der Waals surface area contributed by atoms with Gasteiger partial charge in [-0.2, -0.15) is 0 Å². The van der Waals surface area contributed by atoms with Gasteiger partial charge in [-0.1, -0.05) is 59.7 Å². The van der Waals surface area contributed by atoms with E-state index >= 15 is 0 Å². The van der Waals surface area contributed by atoms with Gasteiger partial charge in [0.2, 0.25) is 0 Å². The van der Waals surface area contributed by atoms with E-state index in [1.807, 2.05) is 26.0 Å². The van der Waals surface area contributed by atoms with Crippen LogP contribution in [0.2, 0.25) is 0 Å². The Balaban J connectivity index is 0.00000176. The minimum absolute atomic E-state index is 0. The first-order chi connectivity index (χ1) is 9.89. The summed E-state index contributed by atoms with van der Waals surface area (Å²) in [4.78, 5) is 0. The van der Waals surface area contributed by atoms with Crippen molar-refractivity contribution >= 4 is 10.8 Å². The summed E-state index contributed by atoms with van der Waals surface area (Å²) in [7, 11) is 0. The molecule has 1 unspecified atom stereocenters. The van der Waals surface area contributed by atoms with Gasteiger partial charge in [0.15, 0.2) is 0 Å². The van der Waals surface area contributed by atoms with Gasteiger partial charge in [-0.25, -0.2) is 0 Å². The van der Waals surface area contributed by atoms with Crippen molar-refractivity contribution in [1.82, 2.24) is 0 Å². The molecule has 2 aromatic carbocycles. The van der Waals surface area contributed by atoms with Crippen molar-refractivity contribution in [2.75, 3.05) is 0 Å². The van der Waals surface area contributed by atoms with Crippen molar-refractivity contribution < 1.29 is 51.6 Å².